The van der Waals surface area contributed by atoms with Crippen LogP contribution in [0.5, 0.6) is 0 Å². The van der Waals surface area contributed by atoms with Gasteiger partial charge in [0, 0.05) is 24.8 Å². The van der Waals surface area contributed by atoms with Crippen LogP contribution in [0.15, 0.2) is 11.6 Å². The number of fused-ring (bicyclic) bond motifs is 5. The van der Waals surface area contributed by atoms with E-state index in [1.165, 1.54) is 6.92 Å². The molecule has 4 rings (SSSR count). The highest BCUT2D eigenvalue weighted by molar-refractivity contribution is 5.96. The molecular weight excluding hydrogens is 356 g/mol. The van der Waals surface area contributed by atoms with Crippen LogP contribution in [-0.2, 0) is 23.9 Å². The molecule has 4 aliphatic rings. The van der Waals surface area contributed by atoms with E-state index in [1.54, 1.807) is 6.92 Å². The zero-order valence-electron chi connectivity index (χ0n) is 17.5. The Kier molecular flexibility index (Phi) is 4.71. The lowest BCUT2D eigenvalue weighted by molar-refractivity contribution is -0.157. The van der Waals surface area contributed by atoms with Gasteiger partial charge in [-0.1, -0.05) is 13.0 Å². The molecule has 0 aromatic rings. The molecule has 0 bridgehead atoms. The molecule has 0 aromatic carbocycles. The van der Waals surface area contributed by atoms with Crippen LogP contribution in [0.2, 0.25) is 0 Å². The maximum absolute atomic E-state index is 12.9. The van der Waals surface area contributed by atoms with Crippen LogP contribution in [0.3, 0.4) is 0 Å². The molecule has 3 fully saturated rings. The fourth-order valence-electron chi connectivity index (χ4n) is 7.15. The first-order valence-electron chi connectivity index (χ1n) is 10.8. The van der Waals surface area contributed by atoms with Crippen molar-refractivity contribution in [2.75, 3.05) is 0 Å². The number of hydrogen-bond acceptors (Lipinski definition) is 5. The van der Waals surface area contributed by atoms with Crippen LogP contribution in [0.1, 0.15) is 72.6 Å². The molecule has 0 unspecified atom stereocenters. The molecule has 0 aromatic heterocycles. The summed E-state index contributed by atoms with van der Waals surface area (Å²) in [6, 6.07) is 0. The Hall–Kier alpha value is -1.65. The topological polar surface area (TPSA) is 69.7 Å². The Morgan fingerprint density at radius 2 is 1.89 bits per heavy atom. The van der Waals surface area contributed by atoms with Crippen molar-refractivity contribution in [3.05, 3.63) is 11.6 Å². The Bertz CT molecular complexity index is 739. The zero-order chi connectivity index (χ0) is 20.3. The quantitative estimate of drug-likeness (QED) is 0.669. The molecule has 7 atom stereocenters. The highest BCUT2D eigenvalue weighted by Gasteiger charge is 2.60. The fourth-order valence-corrected chi connectivity index (χ4v) is 7.15. The van der Waals surface area contributed by atoms with Gasteiger partial charge < -0.3 is 9.47 Å². The van der Waals surface area contributed by atoms with Gasteiger partial charge in [-0.15, -0.1) is 0 Å². The van der Waals surface area contributed by atoms with E-state index in [0.717, 1.165) is 38.5 Å². The van der Waals surface area contributed by atoms with Crippen molar-refractivity contribution in [2.24, 2.45) is 29.1 Å². The van der Waals surface area contributed by atoms with Crippen molar-refractivity contribution in [1.29, 1.82) is 0 Å². The molecule has 1 saturated heterocycles. The molecule has 0 N–H and O–H groups in total. The summed E-state index contributed by atoms with van der Waals surface area (Å²) in [6.45, 7) is 7.34. The van der Waals surface area contributed by atoms with Gasteiger partial charge in [0.1, 0.15) is 11.7 Å². The number of ether oxygens (including phenoxy) is 2. The molecule has 3 aliphatic carbocycles. The Balaban J connectivity index is 1.62. The minimum atomic E-state index is -0.777. The van der Waals surface area contributed by atoms with Crippen LogP contribution in [0.25, 0.3) is 0 Å². The van der Waals surface area contributed by atoms with E-state index in [4.69, 9.17) is 9.47 Å². The van der Waals surface area contributed by atoms with Crippen LogP contribution in [-0.4, -0.2) is 29.4 Å². The summed E-state index contributed by atoms with van der Waals surface area (Å²) in [4.78, 5) is 36.4. The average Bonchev–Trinajstić information content (AvgIpc) is 2.87. The lowest BCUT2D eigenvalue weighted by Gasteiger charge is -2.55. The second kappa shape index (κ2) is 6.70. The number of Topliss-reactive ketones (excluding diaryl/α,β-unsaturated/α-hetero) is 1. The van der Waals surface area contributed by atoms with Gasteiger partial charge in [-0.2, -0.15) is 0 Å². The molecule has 1 heterocycles. The van der Waals surface area contributed by atoms with Crippen molar-refractivity contribution >= 4 is 17.7 Å². The fraction of sp³-hybridized carbons (Fsp3) is 0.783. The second-order valence-electron chi connectivity index (χ2n) is 9.86. The summed E-state index contributed by atoms with van der Waals surface area (Å²) in [5.74, 6) is 0.943. The summed E-state index contributed by atoms with van der Waals surface area (Å²) in [7, 11) is 0. The molecule has 0 spiro atoms. The largest absolute Gasteiger partial charge is 0.463 e. The predicted octanol–water partition coefficient (Wildman–Crippen LogP) is 3.99. The number of allylic oxidation sites excluding steroid dienone is 1. The molecule has 1 aliphatic heterocycles. The molecular formula is C23H32O5. The summed E-state index contributed by atoms with van der Waals surface area (Å²) in [6.07, 6.45) is 8.14. The van der Waals surface area contributed by atoms with Crippen LogP contribution in [0, 0.1) is 29.1 Å². The van der Waals surface area contributed by atoms with Gasteiger partial charge in [0.25, 0.3) is 0 Å². The number of esters is 2. The van der Waals surface area contributed by atoms with E-state index >= 15 is 0 Å². The van der Waals surface area contributed by atoms with Crippen molar-refractivity contribution in [3.8, 4) is 0 Å². The van der Waals surface area contributed by atoms with Crippen LogP contribution >= 0.6 is 0 Å². The molecule has 5 nitrogen and oxygen atoms in total. The van der Waals surface area contributed by atoms with Crippen LogP contribution in [0.4, 0.5) is 0 Å². The Morgan fingerprint density at radius 1 is 1.14 bits per heavy atom. The van der Waals surface area contributed by atoms with E-state index in [-0.39, 0.29) is 41.1 Å². The molecule has 0 radical (unpaired) electrons. The average molecular weight is 389 g/mol. The lowest BCUT2D eigenvalue weighted by atomic mass is 9.49. The molecule has 154 valence electrons. The minimum absolute atomic E-state index is 0.00702. The first kappa shape index (κ1) is 19.7. The summed E-state index contributed by atoms with van der Waals surface area (Å²) in [5, 5.41) is 0. The van der Waals surface area contributed by atoms with Gasteiger partial charge in [0.05, 0.1) is 0 Å². The predicted molar refractivity (Wildman–Crippen MR) is 103 cm³/mol. The van der Waals surface area contributed by atoms with Gasteiger partial charge in [0.15, 0.2) is 5.78 Å². The van der Waals surface area contributed by atoms with Gasteiger partial charge >= 0.3 is 11.9 Å². The summed E-state index contributed by atoms with van der Waals surface area (Å²) in [5.41, 5.74) is -0.0409. The maximum atomic E-state index is 12.9. The maximum Gasteiger partial charge on any atom is 0.306 e. The number of rotatable bonds is 2. The van der Waals surface area contributed by atoms with Crippen LogP contribution < -0.4 is 0 Å². The van der Waals surface area contributed by atoms with Crippen molar-refractivity contribution in [2.45, 2.75) is 84.3 Å². The minimum Gasteiger partial charge on any atom is -0.463 e. The monoisotopic (exact) mass is 388 g/mol. The highest BCUT2D eigenvalue weighted by atomic mass is 16.6. The van der Waals surface area contributed by atoms with Gasteiger partial charge in [-0.25, -0.2) is 0 Å². The molecule has 0 amide bonds. The standard InChI is InChI=1S/C23H32O5/c1-13(24)18-7-8-19-17-6-5-15-11-16(27-14(2)25)9-10-22(15,3)20(17)12-21(26)28-23(18,19)4/h7,15-17,19-20H,5-6,8-12H2,1-4H3/t15-,16-,17+,19-,20+,22-,23-/m0/s1. The lowest BCUT2D eigenvalue weighted by Crippen LogP contribution is -2.51. The van der Waals surface area contributed by atoms with Crippen molar-refractivity contribution in [3.63, 3.8) is 0 Å². The Morgan fingerprint density at radius 3 is 2.57 bits per heavy atom. The second-order valence-corrected chi connectivity index (χ2v) is 9.86. The van der Waals surface area contributed by atoms with Gasteiger partial charge in [-0.05, 0) is 75.5 Å². The number of hydrogen-bond donors (Lipinski definition) is 0. The third-order valence-electron chi connectivity index (χ3n) is 8.46. The molecule has 5 heteroatoms. The highest BCUT2D eigenvalue weighted by Crippen LogP contribution is 2.62. The first-order valence-corrected chi connectivity index (χ1v) is 10.8. The SMILES string of the molecule is CC(=O)O[C@H]1CC[C@@]2(C)[C@@H](CC[C@H]3[C@H]2CC(=O)O[C@@]2(C)C(C(C)=O)=CC[C@@H]32)C1. The van der Waals surface area contributed by atoms with E-state index < -0.39 is 5.60 Å². The van der Waals surface area contributed by atoms with Crippen molar-refractivity contribution < 1.29 is 23.9 Å². The smallest absolute Gasteiger partial charge is 0.306 e. The number of carbonyl (C=O) groups is 3. The zero-order valence-corrected chi connectivity index (χ0v) is 17.5. The summed E-state index contributed by atoms with van der Waals surface area (Å²) < 4.78 is 11.5. The number of carbonyl (C=O) groups excluding carboxylic acids is 3. The summed E-state index contributed by atoms with van der Waals surface area (Å²) >= 11 is 0. The third kappa shape index (κ3) is 2.93. The van der Waals surface area contributed by atoms with E-state index in [1.807, 2.05) is 13.0 Å². The van der Waals surface area contributed by atoms with E-state index in [2.05, 4.69) is 6.92 Å². The van der Waals surface area contributed by atoms with E-state index in [9.17, 15) is 14.4 Å². The first-order chi connectivity index (χ1) is 13.1. The number of ketones is 1. The third-order valence-corrected chi connectivity index (χ3v) is 8.46. The molecule has 2 saturated carbocycles. The van der Waals surface area contributed by atoms with Crippen molar-refractivity contribution in [1.82, 2.24) is 0 Å². The van der Waals surface area contributed by atoms with E-state index in [0.29, 0.717) is 23.8 Å². The van der Waals surface area contributed by atoms with Gasteiger partial charge in [-0.3, -0.25) is 14.4 Å². The Labute approximate surface area is 167 Å². The van der Waals surface area contributed by atoms with Gasteiger partial charge in [0.2, 0.25) is 0 Å². The normalized spacial score (nSPS) is 44.9. The molecule has 28 heavy (non-hydrogen) atoms.